The van der Waals surface area contributed by atoms with E-state index in [4.69, 9.17) is 5.84 Å². The van der Waals surface area contributed by atoms with Gasteiger partial charge >= 0.3 is 0 Å². The van der Waals surface area contributed by atoms with Crippen LogP contribution in [0.25, 0.3) is 0 Å². The van der Waals surface area contributed by atoms with E-state index in [1.54, 1.807) is 0 Å². The van der Waals surface area contributed by atoms with E-state index in [1.807, 2.05) is 0 Å². The van der Waals surface area contributed by atoms with Gasteiger partial charge in [0, 0.05) is 6.04 Å². The Balaban J connectivity index is 2.05. The van der Waals surface area contributed by atoms with E-state index in [0.717, 1.165) is 18.4 Å². The molecule has 1 aromatic carbocycles. The first kappa shape index (κ1) is 15.5. The van der Waals surface area contributed by atoms with Crippen molar-refractivity contribution in [3.63, 3.8) is 0 Å². The van der Waals surface area contributed by atoms with E-state index in [1.165, 1.54) is 5.56 Å². The summed E-state index contributed by atoms with van der Waals surface area (Å²) in [5.41, 5.74) is 5.25. The molecule has 0 spiro atoms. The Morgan fingerprint density at radius 3 is 2.30 bits per heavy atom. The SMILES string of the molecule is CC(C)c1ccc(C(CC2CCS(=O)(=O)C2)NN)cc1. The molecule has 1 aliphatic heterocycles. The minimum absolute atomic E-state index is 0.0227. The summed E-state index contributed by atoms with van der Waals surface area (Å²) in [7, 11) is -2.82. The van der Waals surface area contributed by atoms with Gasteiger partial charge < -0.3 is 0 Å². The van der Waals surface area contributed by atoms with Crippen molar-refractivity contribution in [3.8, 4) is 0 Å². The van der Waals surface area contributed by atoms with Crippen LogP contribution in [0.5, 0.6) is 0 Å². The van der Waals surface area contributed by atoms with Gasteiger partial charge in [0.2, 0.25) is 0 Å². The Kier molecular flexibility index (Phi) is 4.83. The van der Waals surface area contributed by atoms with E-state index in [-0.39, 0.29) is 12.0 Å². The van der Waals surface area contributed by atoms with Gasteiger partial charge in [0.05, 0.1) is 11.5 Å². The highest BCUT2D eigenvalue weighted by Crippen LogP contribution is 2.29. The third-order valence-electron chi connectivity index (χ3n) is 4.10. The predicted octanol–water partition coefficient (Wildman–Crippen LogP) is 2.14. The summed E-state index contributed by atoms with van der Waals surface area (Å²) in [5.74, 6) is 6.99. The van der Waals surface area contributed by atoms with E-state index in [2.05, 4.69) is 43.5 Å². The summed E-state index contributed by atoms with van der Waals surface area (Å²) < 4.78 is 23.0. The Labute approximate surface area is 121 Å². The second kappa shape index (κ2) is 6.24. The maximum Gasteiger partial charge on any atom is 0.150 e. The lowest BCUT2D eigenvalue weighted by molar-refractivity contribution is 0.421. The van der Waals surface area contributed by atoms with Gasteiger partial charge in [-0.25, -0.2) is 8.42 Å². The van der Waals surface area contributed by atoms with Crippen molar-refractivity contribution in [2.75, 3.05) is 11.5 Å². The normalized spacial score (nSPS) is 23.1. The smallest absolute Gasteiger partial charge is 0.150 e. The number of benzene rings is 1. The average Bonchev–Trinajstić information content (AvgIpc) is 2.75. The molecular formula is C15H24N2O2S. The van der Waals surface area contributed by atoms with Crippen LogP contribution in [0.1, 0.15) is 49.8 Å². The molecule has 1 saturated heterocycles. The topological polar surface area (TPSA) is 72.2 Å². The fourth-order valence-electron chi connectivity index (χ4n) is 2.80. The molecule has 0 bridgehead atoms. The predicted molar refractivity (Wildman–Crippen MR) is 82.0 cm³/mol. The molecule has 5 heteroatoms. The number of nitrogens with one attached hydrogen (secondary N) is 1. The molecule has 0 aromatic heterocycles. The van der Waals surface area contributed by atoms with Crippen LogP contribution in [0.4, 0.5) is 0 Å². The maximum atomic E-state index is 11.5. The molecular weight excluding hydrogens is 272 g/mol. The number of hydrogen-bond donors (Lipinski definition) is 2. The van der Waals surface area contributed by atoms with Crippen molar-refractivity contribution in [3.05, 3.63) is 35.4 Å². The third kappa shape index (κ3) is 3.81. The molecule has 2 rings (SSSR count). The second-order valence-corrected chi connectivity index (χ2v) is 8.27. The molecule has 4 nitrogen and oxygen atoms in total. The van der Waals surface area contributed by atoms with Crippen molar-refractivity contribution in [2.45, 2.75) is 38.6 Å². The van der Waals surface area contributed by atoms with Crippen LogP contribution in [0.15, 0.2) is 24.3 Å². The molecule has 1 fully saturated rings. The van der Waals surface area contributed by atoms with Crippen LogP contribution in [0, 0.1) is 5.92 Å². The van der Waals surface area contributed by atoms with Crippen LogP contribution >= 0.6 is 0 Å². The molecule has 3 N–H and O–H groups in total. The molecule has 0 amide bonds. The summed E-state index contributed by atoms with van der Waals surface area (Å²) in [6.07, 6.45) is 1.53. The number of rotatable bonds is 5. The zero-order chi connectivity index (χ0) is 14.8. The number of hydrazine groups is 1. The quantitative estimate of drug-likeness (QED) is 0.645. The summed E-state index contributed by atoms with van der Waals surface area (Å²) in [6, 6.07) is 8.44. The fraction of sp³-hybridized carbons (Fsp3) is 0.600. The standard InChI is InChI=1S/C15H24N2O2S/c1-11(2)13-3-5-14(6-4-13)15(17-16)9-12-7-8-20(18,19)10-12/h3-6,11-12,15,17H,7-10,16H2,1-2H3. The zero-order valence-corrected chi connectivity index (χ0v) is 13.0. The first-order valence-electron chi connectivity index (χ1n) is 7.17. The fourth-order valence-corrected chi connectivity index (χ4v) is 4.68. The molecule has 1 heterocycles. The third-order valence-corrected chi connectivity index (χ3v) is 5.94. The molecule has 20 heavy (non-hydrogen) atoms. The number of hydrogen-bond acceptors (Lipinski definition) is 4. The number of sulfone groups is 1. The van der Waals surface area contributed by atoms with Crippen LogP contribution in [0.3, 0.4) is 0 Å². The van der Waals surface area contributed by atoms with Gasteiger partial charge in [-0.05, 0) is 35.8 Å². The van der Waals surface area contributed by atoms with E-state index in [9.17, 15) is 8.42 Å². The molecule has 0 aliphatic carbocycles. The van der Waals surface area contributed by atoms with Gasteiger partial charge in [-0.15, -0.1) is 0 Å². The number of nitrogens with two attached hydrogens (primary N) is 1. The van der Waals surface area contributed by atoms with Crippen molar-refractivity contribution < 1.29 is 8.42 Å². The van der Waals surface area contributed by atoms with Gasteiger partial charge in [-0.2, -0.15) is 0 Å². The summed E-state index contributed by atoms with van der Waals surface area (Å²) in [4.78, 5) is 0. The van der Waals surface area contributed by atoms with Crippen LogP contribution < -0.4 is 11.3 Å². The average molecular weight is 296 g/mol. The highest BCUT2D eigenvalue weighted by molar-refractivity contribution is 7.91. The Morgan fingerprint density at radius 1 is 1.25 bits per heavy atom. The van der Waals surface area contributed by atoms with Gasteiger partial charge in [0.1, 0.15) is 0 Å². The van der Waals surface area contributed by atoms with E-state index < -0.39 is 9.84 Å². The second-order valence-electron chi connectivity index (χ2n) is 6.05. The molecule has 0 radical (unpaired) electrons. The molecule has 1 aromatic rings. The monoisotopic (exact) mass is 296 g/mol. The van der Waals surface area contributed by atoms with Crippen LogP contribution in [-0.4, -0.2) is 19.9 Å². The van der Waals surface area contributed by atoms with Crippen molar-refractivity contribution in [1.82, 2.24) is 5.43 Å². The molecule has 2 unspecified atom stereocenters. The first-order valence-corrected chi connectivity index (χ1v) is 9.00. The van der Waals surface area contributed by atoms with Crippen LogP contribution in [-0.2, 0) is 9.84 Å². The Hall–Kier alpha value is -0.910. The lowest BCUT2D eigenvalue weighted by Crippen LogP contribution is -2.30. The minimum atomic E-state index is -2.82. The summed E-state index contributed by atoms with van der Waals surface area (Å²) in [5, 5.41) is 0. The van der Waals surface area contributed by atoms with Gasteiger partial charge in [0.15, 0.2) is 9.84 Å². The van der Waals surface area contributed by atoms with Gasteiger partial charge in [-0.1, -0.05) is 38.1 Å². The molecule has 2 atom stereocenters. The molecule has 112 valence electrons. The van der Waals surface area contributed by atoms with Gasteiger partial charge in [-0.3, -0.25) is 11.3 Å². The minimum Gasteiger partial charge on any atom is -0.271 e. The highest BCUT2D eigenvalue weighted by Gasteiger charge is 2.29. The Bertz CT molecular complexity index is 537. The highest BCUT2D eigenvalue weighted by atomic mass is 32.2. The maximum absolute atomic E-state index is 11.5. The van der Waals surface area contributed by atoms with E-state index >= 15 is 0 Å². The first-order chi connectivity index (χ1) is 9.41. The molecule has 1 aliphatic rings. The van der Waals surface area contributed by atoms with Gasteiger partial charge in [0.25, 0.3) is 0 Å². The van der Waals surface area contributed by atoms with Crippen molar-refractivity contribution in [2.24, 2.45) is 11.8 Å². The lowest BCUT2D eigenvalue weighted by Gasteiger charge is -2.20. The largest absolute Gasteiger partial charge is 0.271 e. The lowest BCUT2D eigenvalue weighted by atomic mass is 9.93. The Morgan fingerprint density at radius 2 is 1.85 bits per heavy atom. The van der Waals surface area contributed by atoms with E-state index in [0.29, 0.717) is 17.4 Å². The zero-order valence-electron chi connectivity index (χ0n) is 12.2. The summed E-state index contributed by atoms with van der Waals surface area (Å²) >= 11 is 0. The van der Waals surface area contributed by atoms with Crippen molar-refractivity contribution in [1.29, 1.82) is 0 Å². The van der Waals surface area contributed by atoms with Crippen molar-refractivity contribution >= 4 is 9.84 Å². The summed E-state index contributed by atoms with van der Waals surface area (Å²) in [6.45, 7) is 4.33. The van der Waals surface area contributed by atoms with Crippen LogP contribution in [0.2, 0.25) is 0 Å². The molecule has 0 saturated carbocycles.